The number of nitrogens with one attached hydrogen (secondary N) is 1. The van der Waals surface area contributed by atoms with E-state index >= 15 is 0 Å². The number of carbonyl (C=O) groups is 1. The third kappa shape index (κ3) is 5.84. The maximum absolute atomic E-state index is 13.0. The Morgan fingerprint density at radius 3 is 2.40 bits per heavy atom. The number of hydrogen-bond donors (Lipinski definition) is 1. The van der Waals surface area contributed by atoms with Crippen molar-refractivity contribution in [3.8, 4) is 5.75 Å². The second-order valence-corrected chi connectivity index (χ2v) is 6.73. The van der Waals surface area contributed by atoms with Crippen LogP contribution in [0.1, 0.15) is 22.9 Å². The van der Waals surface area contributed by atoms with Crippen molar-refractivity contribution in [3.05, 3.63) is 77.6 Å². The lowest BCUT2D eigenvalue weighted by atomic mass is 10.0. The number of hydrogen-bond acceptors (Lipinski definition) is 5. The van der Waals surface area contributed by atoms with Crippen LogP contribution >= 0.6 is 0 Å². The van der Waals surface area contributed by atoms with E-state index < -0.39 is 12.4 Å². The highest BCUT2D eigenvalue weighted by Crippen LogP contribution is 2.26. The van der Waals surface area contributed by atoms with Crippen LogP contribution in [0, 0.1) is 6.92 Å². The molecule has 0 aliphatic heterocycles. The van der Waals surface area contributed by atoms with Gasteiger partial charge < -0.3 is 14.6 Å². The molecule has 0 saturated heterocycles. The van der Waals surface area contributed by atoms with E-state index in [0.29, 0.717) is 18.1 Å². The molecule has 0 bridgehead atoms. The van der Waals surface area contributed by atoms with Crippen molar-refractivity contribution in [1.82, 2.24) is 10.1 Å². The van der Waals surface area contributed by atoms with E-state index in [4.69, 9.17) is 4.52 Å². The molecule has 1 N–H and O–H groups in total. The molecular weight excluding hydrogens is 399 g/mol. The molecule has 0 aliphatic rings. The van der Waals surface area contributed by atoms with Gasteiger partial charge in [-0.25, -0.2) is 0 Å². The summed E-state index contributed by atoms with van der Waals surface area (Å²) in [5, 5.41) is 6.52. The Morgan fingerprint density at radius 2 is 1.83 bits per heavy atom. The fraction of sp³-hybridized carbons (Fsp3) is 0.238. The van der Waals surface area contributed by atoms with Crippen LogP contribution in [0.15, 0.2) is 65.2 Å². The predicted molar refractivity (Wildman–Crippen MR) is 104 cm³/mol. The molecule has 0 spiro atoms. The van der Waals surface area contributed by atoms with Crippen LogP contribution in [0.2, 0.25) is 0 Å². The number of aromatic nitrogens is 1. The Bertz CT molecular complexity index is 972. The van der Waals surface area contributed by atoms with Gasteiger partial charge in [-0.3, -0.25) is 9.69 Å². The van der Waals surface area contributed by atoms with Gasteiger partial charge in [0.25, 0.3) is 0 Å². The van der Waals surface area contributed by atoms with Crippen LogP contribution < -0.4 is 10.1 Å². The molecule has 3 rings (SSSR count). The first-order valence-corrected chi connectivity index (χ1v) is 9.05. The predicted octanol–water partition coefficient (Wildman–Crippen LogP) is 4.69. The molecular formula is C21H20F3N3O3. The molecule has 6 nitrogen and oxygen atoms in total. The zero-order chi connectivity index (χ0) is 21.7. The zero-order valence-electron chi connectivity index (χ0n) is 16.3. The van der Waals surface area contributed by atoms with Crippen molar-refractivity contribution < 1.29 is 27.2 Å². The van der Waals surface area contributed by atoms with Gasteiger partial charge in [0.1, 0.15) is 17.6 Å². The number of halogens is 3. The normalized spacial score (nSPS) is 12.6. The summed E-state index contributed by atoms with van der Waals surface area (Å²) in [7, 11) is 1.76. The number of likely N-dealkylation sites (N-methyl/N-ethyl adjacent to an activating group) is 1. The summed E-state index contributed by atoms with van der Waals surface area (Å²) in [4.78, 5) is 14.8. The molecule has 30 heavy (non-hydrogen) atoms. The van der Waals surface area contributed by atoms with Gasteiger partial charge in [-0.2, -0.15) is 0 Å². The molecule has 0 aliphatic carbocycles. The minimum absolute atomic E-state index is 0.298. The number of nitrogens with zero attached hydrogens (tertiary/aromatic N) is 2. The first-order chi connectivity index (χ1) is 14.2. The lowest BCUT2D eigenvalue weighted by Gasteiger charge is -2.27. The summed E-state index contributed by atoms with van der Waals surface area (Å²) < 4.78 is 45.9. The van der Waals surface area contributed by atoms with Crippen molar-refractivity contribution in [2.45, 2.75) is 25.9 Å². The average Bonchev–Trinajstić information content (AvgIpc) is 3.08. The lowest BCUT2D eigenvalue weighted by Crippen LogP contribution is -2.34. The van der Waals surface area contributed by atoms with Gasteiger partial charge in [-0.05, 0) is 37.2 Å². The van der Waals surface area contributed by atoms with Gasteiger partial charge in [0.15, 0.2) is 5.82 Å². The van der Waals surface area contributed by atoms with Gasteiger partial charge in [-0.1, -0.05) is 47.6 Å². The molecule has 0 radical (unpaired) electrons. The molecule has 3 aromatic rings. The molecule has 1 heterocycles. The third-order valence-corrected chi connectivity index (χ3v) is 4.27. The van der Waals surface area contributed by atoms with Crippen LogP contribution in [-0.4, -0.2) is 29.4 Å². The van der Waals surface area contributed by atoms with Crippen LogP contribution in [0.3, 0.4) is 0 Å². The van der Waals surface area contributed by atoms with E-state index in [1.807, 2.05) is 30.3 Å². The zero-order valence-corrected chi connectivity index (χ0v) is 16.3. The van der Waals surface area contributed by atoms with Crippen molar-refractivity contribution >= 4 is 11.7 Å². The smallest absolute Gasteiger partial charge is 0.406 e. The third-order valence-electron chi connectivity index (χ3n) is 4.27. The number of alkyl halides is 3. The number of carbonyl (C=O) groups excluding carboxylic acids is 1. The van der Waals surface area contributed by atoms with Crippen LogP contribution in [0.4, 0.5) is 19.0 Å². The standard InChI is InChI=1S/C21H20F3N3O3/c1-14-12-18(26-30-14)25-20(28)19(16-6-4-3-5-7-16)27(2)13-15-8-10-17(11-9-15)29-21(22,23)24/h3-12,19H,13H2,1-2H3,(H,25,26,28). The van der Waals surface area contributed by atoms with Gasteiger partial charge >= 0.3 is 6.36 Å². The van der Waals surface area contributed by atoms with Crippen LogP contribution in [0.25, 0.3) is 0 Å². The Kier molecular flexibility index (Phi) is 6.41. The number of rotatable bonds is 7. The van der Waals surface area contributed by atoms with E-state index in [0.717, 1.165) is 11.1 Å². The van der Waals surface area contributed by atoms with Crippen molar-refractivity contribution in [1.29, 1.82) is 0 Å². The number of amides is 1. The van der Waals surface area contributed by atoms with E-state index in [1.165, 1.54) is 24.3 Å². The molecule has 1 unspecified atom stereocenters. The number of ether oxygens (including phenoxy) is 1. The summed E-state index contributed by atoms with van der Waals surface area (Å²) in [6, 6.07) is 15.6. The quantitative estimate of drug-likeness (QED) is 0.602. The summed E-state index contributed by atoms with van der Waals surface area (Å²) >= 11 is 0. The van der Waals surface area contributed by atoms with Crippen molar-refractivity contribution in [2.75, 3.05) is 12.4 Å². The van der Waals surface area contributed by atoms with E-state index in [9.17, 15) is 18.0 Å². The van der Waals surface area contributed by atoms with E-state index in [1.54, 1.807) is 24.9 Å². The maximum Gasteiger partial charge on any atom is 0.573 e. The van der Waals surface area contributed by atoms with Gasteiger partial charge in [0, 0.05) is 12.6 Å². The second-order valence-electron chi connectivity index (χ2n) is 6.73. The van der Waals surface area contributed by atoms with Gasteiger partial charge in [-0.15, -0.1) is 13.2 Å². The summed E-state index contributed by atoms with van der Waals surface area (Å²) in [5.41, 5.74) is 1.48. The fourth-order valence-electron chi connectivity index (χ4n) is 3.04. The average molecular weight is 419 g/mol. The highest BCUT2D eigenvalue weighted by atomic mass is 19.4. The number of aryl methyl sites for hydroxylation is 1. The topological polar surface area (TPSA) is 67.6 Å². The van der Waals surface area contributed by atoms with Crippen LogP contribution in [-0.2, 0) is 11.3 Å². The molecule has 1 aromatic heterocycles. The molecule has 1 amide bonds. The highest BCUT2D eigenvalue weighted by molar-refractivity contribution is 5.94. The Labute approximate surface area is 171 Å². The minimum Gasteiger partial charge on any atom is -0.406 e. The molecule has 1 atom stereocenters. The molecule has 0 fully saturated rings. The first kappa shape index (κ1) is 21.4. The maximum atomic E-state index is 13.0. The van der Waals surface area contributed by atoms with E-state index in [-0.39, 0.29) is 11.7 Å². The molecule has 0 saturated carbocycles. The second kappa shape index (κ2) is 9.00. The molecule has 158 valence electrons. The molecule has 2 aromatic carbocycles. The summed E-state index contributed by atoms with van der Waals surface area (Å²) in [6.07, 6.45) is -4.74. The monoisotopic (exact) mass is 419 g/mol. The first-order valence-electron chi connectivity index (χ1n) is 9.05. The highest BCUT2D eigenvalue weighted by Gasteiger charge is 2.31. The summed E-state index contributed by atoms with van der Waals surface area (Å²) in [5.74, 6) is 0.262. The number of anilines is 1. The van der Waals surface area contributed by atoms with Crippen LogP contribution in [0.5, 0.6) is 5.75 Å². The van der Waals surface area contributed by atoms with E-state index in [2.05, 4.69) is 15.2 Å². The van der Waals surface area contributed by atoms with Crippen molar-refractivity contribution in [3.63, 3.8) is 0 Å². The lowest BCUT2D eigenvalue weighted by molar-refractivity contribution is -0.274. The van der Waals surface area contributed by atoms with Gasteiger partial charge in [0.2, 0.25) is 5.91 Å². The fourth-order valence-corrected chi connectivity index (χ4v) is 3.04. The van der Waals surface area contributed by atoms with Gasteiger partial charge in [0.05, 0.1) is 0 Å². The Hall–Kier alpha value is -3.33. The summed E-state index contributed by atoms with van der Waals surface area (Å²) in [6.45, 7) is 2.03. The molecule has 9 heteroatoms. The Morgan fingerprint density at radius 1 is 1.17 bits per heavy atom. The van der Waals surface area contributed by atoms with Crippen molar-refractivity contribution in [2.24, 2.45) is 0 Å². The minimum atomic E-state index is -4.74. The largest absolute Gasteiger partial charge is 0.573 e. The SMILES string of the molecule is Cc1cc(NC(=O)C(c2ccccc2)N(C)Cc2ccc(OC(F)(F)F)cc2)no1. The Balaban J connectivity index is 1.76. The number of benzene rings is 2.